The Kier molecular flexibility index (Phi) is 5.68. The van der Waals surface area contributed by atoms with Crippen molar-refractivity contribution < 1.29 is 9.18 Å². The molecule has 0 radical (unpaired) electrons. The van der Waals surface area contributed by atoms with E-state index in [4.69, 9.17) is 5.73 Å². The minimum absolute atomic E-state index is 0.0240. The van der Waals surface area contributed by atoms with Crippen LogP contribution >= 0.6 is 0 Å². The lowest BCUT2D eigenvalue weighted by atomic mass is 10.1. The van der Waals surface area contributed by atoms with Gasteiger partial charge in [-0.3, -0.25) is 14.8 Å². The molecule has 140 valence electrons. The molecule has 0 aliphatic carbocycles. The van der Waals surface area contributed by atoms with Gasteiger partial charge in [-0.15, -0.1) is 0 Å². The van der Waals surface area contributed by atoms with Gasteiger partial charge in [0.25, 0.3) is 0 Å². The van der Waals surface area contributed by atoms with Crippen LogP contribution < -0.4 is 5.73 Å². The SMILES string of the molecule is CCN(CC)C(=O)[C@@H]1C[C@H](N)CN1Cc1cn[nH]c1-c1cccc(F)c1. The lowest BCUT2D eigenvalue weighted by Crippen LogP contribution is -2.45. The second-order valence-corrected chi connectivity index (χ2v) is 6.73. The standard InChI is InChI=1S/C19H26FN5O/c1-3-24(4-2)19(26)17-9-16(21)12-25(17)11-14-10-22-23-18(14)13-6-5-7-15(20)8-13/h5-8,10,16-17H,3-4,9,11-12,21H2,1-2H3,(H,22,23)/t16-,17-/m0/s1. The van der Waals surface area contributed by atoms with Gasteiger partial charge >= 0.3 is 0 Å². The molecule has 6 nitrogen and oxygen atoms in total. The Morgan fingerprint density at radius 1 is 1.42 bits per heavy atom. The summed E-state index contributed by atoms with van der Waals surface area (Å²) in [5.74, 6) is -0.167. The Balaban J connectivity index is 1.82. The number of H-pyrrole nitrogens is 1. The first-order chi connectivity index (χ1) is 12.5. The minimum atomic E-state index is -0.291. The second-order valence-electron chi connectivity index (χ2n) is 6.73. The number of rotatable bonds is 6. The zero-order valence-electron chi connectivity index (χ0n) is 15.3. The number of halogens is 1. The smallest absolute Gasteiger partial charge is 0.239 e. The van der Waals surface area contributed by atoms with E-state index in [-0.39, 0.29) is 23.8 Å². The Labute approximate surface area is 153 Å². The summed E-state index contributed by atoms with van der Waals surface area (Å²) in [5.41, 5.74) is 8.60. The van der Waals surface area contributed by atoms with Crippen LogP contribution in [0.15, 0.2) is 30.5 Å². The minimum Gasteiger partial charge on any atom is -0.342 e. The third kappa shape index (κ3) is 3.78. The maximum absolute atomic E-state index is 13.6. The second kappa shape index (κ2) is 7.97. The van der Waals surface area contributed by atoms with Crippen LogP contribution in [0.1, 0.15) is 25.8 Å². The number of hydrogen-bond acceptors (Lipinski definition) is 4. The summed E-state index contributed by atoms with van der Waals surface area (Å²) < 4.78 is 13.6. The molecule has 1 aromatic carbocycles. The molecule has 2 atom stereocenters. The zero-order valence-corrected chi connectivity index (χ0v) is 15.3. The maximum atomic E-state index is 13.6. The number of nitrogens with one attached hydrogen (secondary N) is 1. The normalized spacial score (nSPS) is 20.5. The van der Waals surface area contributed by atoms with Crippen molar-refractivity contribution in [1.29, 1.82) is 0 Å². The van der Waals surface area contributed by atoms with Crippen LogP contribution in [0.2, 0.25) is 0 Å². The van der Waals surface area contributed by atoms with Gasteiger partial charge in [0.05, 0.1) is 17.9 Å². The van der Waals surface area contributed by atoms with Crippen LogP contribution in [-0.2, 0) is 11.3 Å². The molecule has 1 aliphatic heterocycles. The van der Waals surface area contributed by atoms with Gasteiger partial charge in [-0.2, -0.15) is 5.10 Å². The highest BCUT2D eigenvalue weighted by Crippen LogP contribution is 2.27. The molecule has 3 rings (SSSR count). The van der Waals surface area contributed by atoms with Gasteiger partial charge in [0.15, 0.2) is 0 Å². The molecular formula is C19H26FN5O. The van der Waals surface area contributed by atoms with Crippen LogP contribution in [0.3, 0.4) is 0 Å². The summed E-state index contributed by atoms with van der Waals surface area (Å²) in [6.45, 7) is 6.56. The van der Waals surface area contributed by atoms with E-state index in [1.807, 2.05) is 24.8 Å². The number of aromatic amines is 1. The van der Waals surface area contributed by atoms with E-state index in [0.717, 1.165) is 16.8 Å². The third-order valence-electron chi connectivity index (χ3n) is 5.00. The van der Waals surface area contributed by atoms with E-state index in [2.05, 4.69) is 15.1 Å². The number of likely N-dealkylation sites (N-methyl/N-ethyl adjacent to an activating group) is 1. The van der Waals surface area contributed by atoms with Crippen LogP contribution in [-0.4, -0.2) is 57.6 Å². The summed E-state index contributed by atoms with van der Waals surface area (Å²) in [4.78, 5) is 16.8. The average molecular weight is 359 g/mol. The van der Waals surface area contributed by atoms with Gasteiger partial charge in [0, 0.05) is 43.3 Å². The first kappa shape index (κ1) is 18.5. The van der Waals surface area contributed by atoms with Crippen molar-refractivity contribution in [1.82, 2.24) is 20.0 Å². The van der Waals surface area contributed by atoms with Gasteiger partial charge in [-0.25, -0.2) is 4.39 Å². The number of carbonyl (C=O) groups is 1. The molecular weight excluding hydrogens is 333 g/mol. The molecule has 7 heteroatoms. The molecule has 1 amide bonds. The topological polar surface area (TPSA) is 78.2 Å². The molecule has 1 aromatic heterocycles. The Morgan fingerprint density at radius 3 is 2.88 bits per heavy atom. The molecule has 0 spiro atoms. The third-order valence-corrected chi connectivity index (χ3v) is 5.00. The van der Waals surface area contributed by atoms with Crippen molar-refractivity contribution in [2.24, 2.45) is 5.73 Å². The van der Waals surface area contributed by atoms with E-state index in [9.17, 15) is 9.18 Å². The number of nitrogens with zero attached hydrogens (tertiary/aromatic N) is 3. The summed E-state index contributed by atoms with van der Waals surface area (Å²) in [5, 5.41) is 7.08. The first-order valence-corrected chi connectivity index (χ1v) is 9.10. The van der Waals surface area contributed by atoms with Crippen molar-refractivity contribution in [3.05, 3.63) is 41.8 Å². The molecule has 1 fully saturated rings. The number of likely N-dealkylation sites (tertiary alicyclic amines) is 1. The van der Waals surface area contributed by atoms with Crippen LogP contribution in [0.4, 0.5) is 4.39 Å². The Hall–Kier alpha value is -2.25. The molecule has 3 N–H and O–H groups in total. The summed E-state index contributed by atoms with van der Waals surface area (Å²) in [6, 6.07) is 6.16. The van der Waals surface area contributed by atoms with Crippen molar-refractivity contribution >= 4 is 5.91 Å². The number of carbonyl (C=O) groups excluding carboxylic acids is 1. The van der Waals surface area contributed by atoms with Crippen LogP contribution in [0.25, 0.3) is 11.3 Å². The van der Waals surface area contributed by atoms with Crippen LogP contribution in [0.5, 0.6) is 0 Å². The van der Waals surface area contributed by atoms with Gasteiger partial charge in [0.1, 0.15) is 5.82 Å². The number of hydrogen-bond donors (Lipinski definition) is 2. The predicted octanol–water partition coefficient (Wildman–Crippen LogP) is 1.99. The number of aromatic nitrogens is 2. The Bertz CT molecular complexity index is 758. The Morgan fingerprint density at radius 2 is 2.19 bits per heavy atom. The van der Waals surface area contributed by atoms with Crippen molar-refractivity contribution in [2.75, 3.05) is 19.6 Å². The largest absolute Gasteiger partial charge is 0.342 e. The lowest BCUT2D eigenvalue weighted by Gasteiger charge is -2.28. The van der Waals surface area contributed by atoms with Gasteiger partial charge in [-0.1, -0.05) is 12.1 Å². The van der Waals surface area contributed by atoms with E-state index in [1.165, 1.54) is 12.1 Å². The van der Waals surface area contributed by atoms with E-state index in [1.54, 1.807) is 12.3 Å². The van der Waals surface area contributed by atoms with Crippen molar-refractivity contribution in [3.63, 3.8) is 0 Å². The van der Waals surface area contributed by atoms with E-state index in [0.29, 0.717) is 32.6 Å². The summed E-state index contributed by atoms with van der Waals surface area (Å²) >= 11 is 0. The summed E-state index contributed by atoms with van der Waals surface area (Å²) in [7, 11) is 0. The highest BCUT2D eigenvalue weighted by Gasteiger charge is 2.37. The molecule has 2 aromatic rings. The fraction of sp³-hybridized carbons (Fsp3) is 0.474. The van der Waals surface area contributed by atoms with Crippen molar-refractivity contribution in [3.8, 4) is 11.3 Å². The fourth-order valence-corrected chi connectivity index (χ4v) is 3.66. The van der Waals surface area contributed by atoms with Gasteiger partial charge in [-0.05, 0) is 32.4 Å². The summed E-state index contributed by atoms with van der Waals surface area (Å²) in [6.07, 6.45) is 2.39. The van der Waals surface area contributed by atoms with Crippen LogP contribution in [0, 0.1) is 5.82 Å². The molecule has 0 unspecified atom stereocenters. The molecule has 0 saturated carbocycles. The van der Waals surface area contributed by atoms with E-state index < -0.39 is 0 Å². The predicted molar refractivity (Wildman–Crippen MR) is 98.7 cm³/mol. The molecule has 2 heterocycles. The highest BCUT2D eigenvalue weighted by molar-refractivity contribution is 5.82. The zero-order chi connectivity index (χ0) is 18.7. The molecule has 26 heavy (non-hydrogen) atoms. The highest BCUT2D eigenvalue weighted by atomic mass is 19.1. The monoisotopic (exact) mass is 359 g/mol. The first-order valence-electron chi connectivity index (χ1n) is 9.10. The quantitative estimate of drug-likeness (QED) is 0.827. The van der Waals surface area contributed by atoms with Gasteiger partial charge in [0.2, 0.25) is 5.91 Å². The molecule has 0 bridgehead atoms. The fourth-order valence-electron chi connectivity index (χ4n) is 3.66. The molecule has 1 aliphatic rings. The maximum Gasteiger partial charge on any atom is 0.239 e. The van der Waals surface area contributed by atoms with Gasteiger partial charge < -0.3 is 10.6 Å². The average Bonchev–Trinajstić information content (AvgIpc) is 3.22. The number of amides is 1. The number of benzene rings is 1. The van der Waals surface area contributed by atoms with E-state index >= 15 is 0 Å². The molecule has 1 saturated heterocycles. The van der Waals surface area contributed by atoms with Crippen molar-refractivity contribution in [2.45, 2.75) is 38.9 Å². The number of nitrogens with two attached hydrogens (primary N) is 1. The lowest BCUT2D eigenvalue weighted by molar-refractivity contribution is -0.135.